The molecule has 8 heteroatoms. The van der Waals surface area contributed by atoms with Crippen LogP contribution in [0.2, 0.25) is 0 Å². The van der Waals surface area contributed by atoms with E-state index in [-0.39, 0.29) is 24.0 Å². The SMILES string of the molecule is C=CCCO/C(O)=C(\[N+]#N)c1oc(C)nc1C(=O)OC. The average molecular weight is 280 g/mol. The van der Waals surface area contributed by atoms with Crippen molar-refractivity contribution in [2.75, 3.05) is 13.7 Å². The second-order valence-corrected chi connectivity index (χ2v) is 3.58. The van der Waals surface area contributed by atoms with E-state index in [2.05, 4.69) is 21.3 Å². The number of methoxy groups -OCH3 is 1. The van der Waals surface area contributed by atoms with Gasteiger partial charge in [-0.3, -0.25) is 0 Å². The first-order valence-corrected chi connectivity index (χ1v) is 5.63. The number of aliphatic hydroxyl groups is 1. The number of hydrogen-bond acceptors (Lipinski definition) is 7. The summed E-state index contributed by atoms with van der Waals surface area (Å²) in [5.74, 6) is -1.60. The fourth-order valence-corrected chi connectivity index (χ4v) is 1.32. The first-order chi connectivity index (χ1) is 9.54. The summed E-state index contributed by atoms with van der Waals surface area (Å²) < 4.78 is 14.6. The van der Waals surface area contributed by atoms with Crippen LogP contribution in [0.25, 0.3) is 10.7 Å². The number of esters is 1. The van der Waals surface area contributed by atoms with E-state index in [9.17, 15) is 9.90 Å². The number of rotatable bonds is 6. The van der Waals surface area contributed by atoms with Gasteiger partial charge in [0, 0.05) is 6.92 Å². The second-order valence-electron chi connectivity index (χ2n) is 3.58. The summed E-state index contributed by atoms with van der Waals surface area (Å²) in [5.41, 5.74) is -0.674. The number of diazo groups is 1. The lowest BCUT2D eigenvalue weighted by molar-refractivity contribution is 0.0593. The van der Waals surface area contributed by atoms with Gasteiger partial charge in [0.1, 0.15) is 0 Å². The maximum absolute atomic E-state index is 11.5. The lowest BCUT2D eigenvalue weighted by Gasteiger charge is -1.99. The molecule has 0 aromatic carbocycles. The summed E-state index contributed by atoms with van der Waals surface area (Å²) in [6, 6.07) is 0. The minimum Gasteiger partial charge on any atom is -0.475 e. The average Bonchev–Trinajstić information content (AvgIpc) is 2.81. The van der Waals surface area contributed by atoms with E-state index in [1.54, 1.807) is 6.08 Å². The third-order valence-electron chi connectivity index (χ3n) is 2.19. The lowest BCUT2D eigenvalue weighted by atomic mass is 10.3. The van der Waals surface area contributed by atoms with Crippen LogP contribution in [0.4, 0.5) is 0 Å². The summed E-state index contributed by atoms with van der Waals surface area (Å²) in [6.45, 7) is 5.10. The topological polar surface area (TPSA) is 110 Å². The Kier molecular flexibility index (Phi) is 5.29. The lowest BCUT2D eigenvalue weighted by Crippen LogP contribution is -2.05. The first kappa shape index (κ1) is 15.2. The highest BCUT2D eigenvalue weighted by Crippen LogP contribution is 2.25. The van der Waals surface area contributed by atoms with Crippen molar-refractivity contribution in [1.82, 2.24) is 4.98 Å². The smallest absolute Gasteiger partial charge is 0.475 e. The normalized spacial score (nSPS) is 11.2. The van der Waals surface area contributed by atoms with Crippen LogP contribution >= 0.6 is 0 Å². The van der Waals surface area contributed by atoms with Gasteiger partial charge >= 0.3 is 17.6 Å². The summed E-state index contributed by atoms with van der Waals surface area (Å²) >= 11 is 0. The number of hydrogen-bond donors (Lipinski definition) is 1. The molecule has 8 nitrogen and oxygen atoms in total. The highest BCUT2D eigenvalue weighted by Gasteiger charge is 2.35. The van der Waals surface area contributed by atoms with Crippen LogP contribution < -0.4 is 0 Å². The third kappa shape index (κ3) is 3.35. The Morgan fingerprint density at radius 2 is 2.35 bits per heavy atom. The van der Waals surface area contributed by atoms with Gasteiger partial charge < -0.3 is 19.0 Å². The molecule has 0 aliphatic rings. The largest absolute Gasteiger partial charge is 0.508 e. The van der Waals surface area contributed by atoms with Gasteiger partial charge in [-0.15, -0.1) is 6.58 Å². The molecule has 1 N–H and O–H groups in total. The van der Waals surface area contributed by atoms with E-state index >= 15 is 0 Å². The van der Waals surface area contributed by atoms with E-state index < -0.39 is 17.6 Å². The van der Waals surface area contributed by atoms with Crippen LogP contribution in [0.15, 0.2) is 23.0 Å². The van der Waals surface area contributed by atoms with Crippen molar-refractivity contribution < 1.29 is 23.8 Å². The molecule has 1 rings (SSSR count). The summed E-state index contributed by atoms with van der Waals surface area (Å²) in [6.07, 6.45) is 2.06. The number of aromatic nitrogens is 1. The van der Waals surface area contributed by atoms with Crippen LogP contribution in [0.3, 0.4) is 0 Å². The molecule has 1 aromatic heterocycles. The molecule has 0 unspecified atom stereocenters. The Hall–Kier alpha value is -2.82. The molecule has 0 atom stereocenters. The number of ether oxygens (including phenoxy) is 2. The van der Waals surface area contributed by atoms with Crippen LogP contribution in [-0.4, -0.2) is 29.8 Å². The van der Waals surface area contributed by atoms with Crippen LogP contribution in [0.5, 0.6) is 0 Å². The van der Waals surface area contributed by atoms with E-state index in [0.717, 1.165) is 7.11 Å². The molecule has 0 spiro atoms. The van der Waals surface area contributed by atoms with Crippen molar-refractivity contribution in [3.63, 3.8) is 0 Å². The number of carbonyl (C=O) groups excluding carboxylic acids is 1. The molecule has 20 heavy (non-hydrogen) atoms. The van der Waals surface area contributed by atoms with Gasteiger partial charge in [0.15, 0.2) is 10.9 Å². The van der Waals surface area contributed by atoms with E-state index in [1.807, 2.05) is 0 Å². The fourth-order valence-electron chi connectivity index (χ4n) is 1.32. The predicted octanol–water partition coefficient (Wildman–Crippen LogP) is 2.40. The van der Waals surface area contributed by atoms with Crippen molar-refractivity contribution in [3.05, 3.63) is 40.9 Å². The zero-order valence-corrected chi connectivity index (χ0v) is 11.1. The zero-order chi connectivity index (χ0) is 15.1. The molecular weight excluding hydrogens is 266 g/mol. The van der Waals surface area contributed by atoms with Crippen LogP contribution in [0.1, 0.15) is 28.6 Å². The van der Waals surface area contributed by atoms with Crippen LogP contribution in [0, 0.1) is 12.3 Å². The van der Waals surface area contributed by atoms with Crippen LogP contribution in [-0.2, 0) is 9.47 Å². The van der Waals surface area contributed by atoms with Gasteiger partial charge in [-0.05, 0) is 6.42 Å². The maximum Gasteiger partial charge on any atom is 0.508 e. The standard InChI is InChI=1S/C12H13N3O5/c1-4-5-6-19-12(17)9(15-13)10-8(11(16)18-3)14-7(2)20-10/h4H,1,5-6H2,2-3H3/p+1. The van der Waals surface area contributed by atoms with Gasteiger partial charge in [0.05, 0.1) is 13.7 Å². The quantitative estimate of drug-likeness (QED) is 0.280. The van der Waals surface area contributed by atoms with E-state index in [4.69, 9.17) is 14.5 Å². The summed E-state index contributed by atoms with van der Waals surface area (Å²) in [5, 5.41) is 18.7. The van der Waals surface area contributed by atoms with Gasteiger partial charge in [-0.25, -0.2) is 9.78 Å². The van der Waals surface area contributed by atoms with Gasteiger partial charge in [-0.2, -0.15) is 0 Å². The minimum atomic E-state index is -0.795. The Bertz CT molecular complexity index is 582. The van der Waals surface area contributed by atoms with Gasteiger partial charge in [0.25, 0.3) is 5.76 Å². The molecule has 0 aliphatic heterocycles. The summed E-state index contributed by atoms with van der Waals surface area (Å²) in [4.78, 5) is 18.2. The number of carbonyl (C=O) groups is 1. The van der Waals surface area contributed by atoms with E-state index in [0.29, 0.717) is 6.42 Å². The molecule has 1 aromatic rings. The molecule has 0 radical (unpaired) electrons. The first-order valence-electron chi connectivity index (χ1n) is 5.63. The Balaban J connectivity index is 3.18. The highest BCUT2D eigenvalue weighted by atomic mass is 16.6. The Morgan fingerprint density at radius 1 is 1.65 bits per heavy atom. The Morgan fingerprint density at radius 3 is 2.90 bits per heavy atom. The molecular formula is C12H14N3O5+. The molecule has 106 valence electrons. The number of aliphatic hydroxyl groups excluding tert-OH is 1. The molecule has 1 heterocycles. The van der Waals surface area contributed by atoms with Gasteiger partial charge in [0.2, 0.25) is 11.1 Å². The Labute approximate surface area is 114 Å². The van der Waals surface area contributed by atoms with Crippen molar-refractivity contribution in [2.24, 2.45) is 0 Å². The fraction of sp³-hybridized carbons (Fsp3) is 0.333. The molecule has 0 fully saturated rings. The monoisotopic (exact) mass is 280 g/mol. The number of oxazole rings is 1. The second kappa shape index (κ2) is 6.94. The molecule has 0 saturated heterocycles. The van der Waals surface area contributed by atoms with E-state index in [1.165, 1.54) is 6.92 Å². The molecule has 0 bridgehead atoms. The highest BCUT2D eigenvalue weighted by molar-refractivity contribution is 5.93. The molecule has 0 aliphatic carbocycles. The van der Waals surface area contributed by atoms with Crippen molar-refractivity contribution >= 4 is 11.7 Å². The number of aryl methyl sites for hydroxylation is 1. The molecule has 0 saturated carbocycles. The van der Waals surface area contributed by atoms with Gasteiger partial charge in [-0.1, -0.05) is 6.08 Å². The number of nitrogens with zero attached hydrogens (tertiary/aromatic N) is 3. The maximum atomic E-state index is 11.5. The minimum absolute atomic E-state index is 0.120. The van der Waals surface area contributed by atoms with Crippen molar-refractivity contribution in [1.29, 1.82) is 5.39 Å². The van der Waals surface area contributed by atoms with Crippen molar-refractivity contribution in [2.45, 2.75) is 13.3 Å². The van der Waals surface area contributed by atoms with Crippen molar-refractivity contribution in [3.8, 4) is 0 Å². The predicted molar refractivity (Wildman–Crippen MR) is 68.0 cm³/mol. The molecule has 0 amide bonds. The zero-order valence-electron chi connectivity index (χ0n) is 11.1. The summed E-state index contributed by atoms with van der Waals surface area (Å²) in [7, 11) is 1.16. The third-order valence-corrected chi connectivity index (χ3v) is 2.19.